The van der Waals surface area contributed by atoms with Crippen molar-refractivity contribution < 1.29 is 37.6 Å². The van der Waals surface area contributed by atoms with Crippen LogP contribution in [0.15, 0.2) is 38.0 Å². The molecule has 0 aliphatic rings. The fraction of sp³-hybridized carbons (Fsp3) is 0.385. The predicted octanol–water partition coefficient (Wildman–Crippen LogP) is 1.88. The van der Waals surface area contributed by atoms with Gasteiger partial charge in [-0.15, -0.1) is 13.2 Å². The zero-order valence-corrected chi connectivity index (χ0v) is 13.4. The van der Waals surface area contributed by atoms with Gasteiger partial charge in [-0.1, -0.05) is 24.8 Å². The van der Waals surface area contributed by atoms with Crippen molar-refractivity contribution >= 4 is 19.9 Å². The summed E-state index contributed by atoms with van der Waals surface area (Å²) < 4.78 is 31.5. The molecule has 0 saturated carbocycles. The van der Waals surface area contributed by atoms with E-state index in [1.54, 1.807) is 0 Å². The lowest BCUT2D eigenvalue weighted by molar-refractivity contribution is -0.140. The molecule has 1 amide bonds. The van der Waals surface area contributed by atoms with Crippen molar-refractivity contribution in [2.75, 3.05) is 26.4 Å². The summed E-state index contributed by atoms with van der Waals surface area (Å²) in [6.07, 6.45) is 2.95. The number of carboxylic acid groups (broad SMARTS) is 1. The fourth-order valence-corrected chi connectivity index (χ4v) is 2.19. The molecule has 0 spiro atoms. The van der Waals surface area contributed by atoms with Gasteiger partial charge in [-0.25, -0.2) is 14.2 Å². The van der Waals surface area contributed by atoms with E-state index in [0.29, 0.717) is 0 Å². The van der Waals surface area contributed by atoms with Crippen LogP contribution >= 0.6 is 7.82 Å². The van der Waals surface area contributed by atoms with Crippen molar-refractivity contribution in [1.29, 1.82) is 0 Å². The molecule has 0 rings (SSSR count). The van der Waals surface area contributed by atoms with Gasteiger partial charge in [0.25, 0.3) is 0 Å². The van der Waals surface area contributed by atoms with Crippen molar-refractivity contribution in [3.63, 3.8) is 0 Å². The molecule has 0 unspecified atom stereocenters. The summed E-state index contributed by atoms with van der Waals surface area (Å²) in [6, 6.07) is -1.51. The first-order valence-corrected chi connectivity index (χ1v) is 7.87. The van der Waals surface area contributed by atoms with Crippen molar-refractivity contribution in [3.05, 3.63) is 38.0 Å². The second-order valence-corrected chi connectivity index (χ2v) is 5.50. The van der Waals surface area contributed by atoms with E-state index in [-0.39, 0.29) is 19.8 Å². The van der Waals surface area contributed by atoms with E-state index in [2.05, 4.69) is 24.5 Å². The Labute approximate surface area is 134 Å². The monoisotopic (exact) mass is 349 g/mol. The van der Waals surface area contributed by atoms with Gasteiger partial charge in [0.2, 0.25) is 0 Å². The Morgan fingerprint density at radius 3 is 2.00 bits per heavy atom. The molecule has 130 valence electrons. The Balaban J connectivity index is 4.70. The third-order valence-electron chi connectivity index (χ3n) is 2.02. The van der Waals surface area contributed by atoms with Crippen LogP contribution in [0.1, 0.15) is 0 Å². The first kappa shape index (κ1) is 21.1. The Bertz CT molecular complexity index is 463. The molecule has 1 atom stereocenters. The van der Waals surface area contributed by atoms with Gasteiger partial charge in [-0.05, 0) is 0 Å². The molecule has 23 heavy (non-hydrogen) atoms. The van der Waals surface area contributed by atoms with E-state index in [9.17, 15) is 14.2 Å². The molecule has 0 aliphatic carbocycles. The van der Waals surface area contributed by atoms with Gasteiger partial charge in [0.1, 0.15) is 6.61 Å². The molecule has 0 aromatic heterocycles. The fourth-order valence-electron chi connectivity index (χ4n) is 1.06. The van der Waals surface area contributed by atoms with Gasteiger partial charge >= 0.3 is 19.9 Å². The maximum atomic E-state index is 12.2. The van der Waals surface area contributed by atoms with E-state index in [0.717, 1.165) is 0 Å². The lowest BCUT2D eigenvalue weighted by Gasteiger charge is -2.19. The van der Waals surface area contributed by atoms with E-state index in [4.69, 9.17) is 18.7 Å². The molecular weight excluding hydrogens is 329 g/mol. The molecule has 10 heteroatoms. The highest BCUT2D eigenvalue weighted by molar-refractivity contribution is 7.48. The topological polar surface area (TPSA) is 120 Å². The quantitative estimate of drug-likeness (QED) is 0.382. The summed E-state index contributed by atoms with van der Waals surface area (Å²) in [5, 5.41) is 11.1. The summed E-state index contributed by atoms with van der Waals surface area (Å²) in [4.78, 5) is 22.4. The van der Waals surface area contributed by atoms with Gasteiger partial charge in [-0.3, -0.25) is 13.6 Å². The molecule has 0 radical (unpaired) electrons. The van der Waals surface area contributed by atoms with Gasteiger partial charge in [0.05, 0.1) is 19.8 Å². The van der Waals surface area contributed by atoms with Crippen LogP contribution in [0.5, 0.6) is 0 Å². The number of hydrogen-bond acceptors (Lipinski definition) is 7. The molecule has 0 fully saturated rings. The van der Waals surface area contributed by atoms with Crippen molar-refractivity contribution in [3.8, 4) is 0 Å². The number of carboxylic acids is 1. The Morgan fingerprint density at radius 1 is 1.04 bits per heavy atom. The second-order valence-electron chi connectivity index (χ2n) is 3.83. The average molecular weight is 349 g/mol. The van der Waals surface area contributed by atoms with Crippen LogP contribution < -0.4 is 5.32 Å². The van der Waals surface area contributed by atoms with E-state index in [1.807, 2.05) is 5.32 Å². The van der Waals surface area contributed by atoms with E-state index >= 15 is 0 Å². The number of aliphatic carboxylic acids is 1. The van der Waals surface area contributed by atoms with Crippen molar-refractivity contribution in [1.82, 2.24) is 5.32 Å². The van der Waals surface area contributed by atoms with Crippen LogP contribution in [0.4, 0.5) is 4.79 Å². The minimum Gasteiger partial charge on any atom is -0.480 e. The largest absolute Gasteiger partial charge is 0.480 e. The summed E-state index contributed by atoms with van der Waals surface area (Å²) >= 11 is 0. The summed E-state index contributed by atoms with van der Waals surface area (Å²) in [5.41, 5.74) is 0. The number of carbonyl (C=O) groups excluding carboxylic acids is 1. The molecule has 0 aromatic carbocycles. The Kier molecular flexibility index (Phi) is 10.6. The zero-order chi connectivity index (χ0) is 17.7. The van der Waals surface area contributed by atoms with Crippen LogP contribution in [0.2, 0.25) is 0 Å². The molecule has 0 saturated heterocycles. The number of amides is 1. The second kappa shape index (κ2) is 11.6. The number of phosphoric acid groups is 1. The smallest absolute Gasteiger partial charge is 0.475 e. The SMILES string of the molecule is C=CCOC(=O)N[C@@H](COP(=O)(OCC=C)OCC=C)C(=O)O. The van der Waals surface area contributed by atoms with Crippen LogP contribution in [-0.2, 0) is 27.7 Å². The first-order valence-electron chi connectivity index (χ1n) is 6.41. The molecule has 0 heterocycles. The molecule has 2 N–H and O–H groups in total. The molecule has 0 aromatic rings. The normalized spacial score (nSPS) is 12.0. The number of hydrogen-bond donors (Lipinski definition) is 2. The van der Waals surface area contributed by atoms with Gasteiger partial charge in [-0.2, -0.15) is 0 Å². The number of ether oxygens (including phenoxy) is 1. The number of nitrogens with one attached hydrogen (secondary N) is 1. The van der Waals surface area contributed by atoms with Crippen molar-refractivity contribution in [2.45, 2.75) is 6.04 Å². The molecule has 0 bridgehead atoms. The van der Waals surface area contributed by atoms with Crippen LogP contribution in [0.3, 0.4) is 0 Å². The number of carbonyl (C=O) groups is 2. The molecule has 9 nitrogen and oxygen atoms in total. The minimum absolute atomic E-state index is 0.0948. The maximum absolute atomic E-state index is 12.2. The third kappa shape index (κ3) is 9.64. The van der Waals surface area contributed by atoms with Gasteiger partial charge in [0, 0.05) is 0 Å². The molecular formula is C13H20NO8P. The maximum Gasteiger partial charge on any atom is 0.475 e. The predicted molar refractivity (Wildman–Crippen MR) is 82.0 cm³/mol. The van der Waals surface area contributed by atoms with E-state index in [1.165, 1.54) is 18.2 Å². The Hall–Kier alpha value is -1.93. The summed E-state index contributed by atoms with van der Waals surface area (Å²) in [6.45, 7) is 9.07. The van der Waals surface area contributed by atoms with Crippen molar-refractivity contribution in [2.24, 2.45) is 0 Å². The van der Waals surface area contributed by atoms with Crippen LogP contribution in [0.25, 0.3) is 0 Å². The highest BCUT2D eigenvalue weighted by Crippen LogP contribution is 2.49. The standard InChI is InChI=1S/C13H20NO8P/c1-4-7-19-13(17)14-11(12(15)16)10-22-23(18,20-8-5-2)21-9-6-3/h4-6,11H,1-3,7-10H2,(H,14,17)(H,15,16)/t11-/m0/s1. The first-order chi connectivity index (χ1) is 10.9. The Morgan fingerprint density at radius 2 is 1.57 bits per heavy atom. The lowest BCUT2D eigenvalue weighted by Crippen LogP contribution is -2.44. The zero-order valence-electron chi connectivity index (χ0n) is 12.5. The highest BCUT2D eigenvalue weighted by atomic mass is 31.2. The summed E-state index contributed by atoms with van der Waals surface area (Å²) in [5.74, 6) is -1.42. The van der Waals surface area contributed by atoms with Crippen LogP contribution in [0, 0.1) is 0 Å². The highest BCUT2D eigenvalue weighted by Gasteiger charge is 2.30. The van der Waals surface area contributed by atoms with E-state index < -0.39 is 32.5 Å². The van der Waals surface area contributed by atoms with Gasteiger partial charge in [0.15, 0.2) is 6.04 Å². The number of phosphoric ester groups is 1. The third-order valence-corrected chi connectivity index (χ3v) is 3.42. The number of alkyl carbamates (subject to hydrolysis) is 1. The number of rotatable bonds is 13. The van der Waals surface area contributed by atoms with Gasteiger partial charge < -0.3 is 15.2 Å². The lowest BCUT2D eigenvalue weighted by atomic mass is 10.3. The van der Waals surface area contributed by atoms with Crippen LogP contribution in [-0.4, -0.2) is 49.6 Å². The molecule has 0 aliphatic heterocycles. The summed E-state index contributed by atoms with van der Waals surface area (Å²) in [7, 11) is -4.02. The minimum atomic E-state index is -4.02. The average Bonchev–Trinajstić information content (AvgIpc) is 2.52.